The Kier molecular flexibility index (Phi) is 3.47. The lowest BCUT2D eigenvalue weighted by molar-refractivity contribution is -0.146. The summed E-state index contributed by atoms with van der Waals surface area (Å²) >= 11 is 1.56. The molecule has 1 fully saturated rings. The maximum absolute atomic E-state index is 11.9. The van der Waals surface area contributed by atoms with E-state index in [2.05, 4.69) is 5.32 Å². The summed E-state index contributed by atoms with van der Waals surface area (Å²) in [6, 6.07) is 3.90. The number of carbonyl (C=O) groups is 2. The molecule has 1 amide bonds. The molecule has 1 heterocycles. The van der Waals surface area contributed by atoms with Crippen LogP contribution in [0.3, 0.4) is 0 Å². The first-order valence-electron chi connectivity index (χ1n) is 5.64. The predicted molar refractivity (Wildman–Crippen MR) is 65.0 cm³/mol. The fourth-order valence-electron chi connectivity index (χ4n) is 1.93. The van der Waals surface area contributed by atoms with Gasteiger partial charge in [-0.05, 0) is 31.2 Å². The normalized spacial score (nSPS) is 24.8. The summed E-state index contributed by atoms with van der Waals surface area (Å²) in [6.07, 6.45) is 1.11. The minimum Gasteiger partial charge on any atom is -0.481 e. The van der Waals surface area contributed by atoms with Crippen molar-refractivity contribution in [1.82, 2.24) is 5.32 Å². The molecule has 1 saturated carbocycles. The molecular weight excluding hydrogens is 238 g/mol. The van der Waals surface area contributed by atoms with Crippen molar-refractivity contribution in [2.24, 2.45) is 5.92 Å². The topological polar surface area (TPSA) is 66.4 Å². The molecule has 1 aliphatic rings. The monoisotopic (exact) mass is 253 g/mol. The Morgan fingerprint density at radius 2 is 2.24 bits per heavy atom. The zero-order chi connectivity index (χ0) is 12.4. The first-order valence-corrected chi connectivity index (χ1v) is 6.52. The van der Waals surface area contributed by atoms with E-state index in [0.717, 1.165) is 4.88 Å². The summed E-state index contributed by atoms with van der Waals surface area (Å²) in [5.41, 5.74) is 0. The Morgan fingerprint density at radius 1 is 1.53 bits per heavy atom. The zero-order valence-electron chi connectivity index (χ0n) is 9.55. The highest BCUT2D eigenvalue weighted by Crippen LogP contribution is 2.28. The SMILES string of the molecule is CC(C(=O)NC1CC(C(=O)O)C1)c1cccs1. The van der Waals surface area contributed by atoms with Gasteiger partial charge >= 0.3 is 5.97 Å². The molecule has 0 saturated heterocycles. The van der Waals surface area contributed by atoms with E-state index in [1.165, 1.54) is 0 Å². The minimum absolute atomic E-state index is 0.0127. The summed E-state index contributed by atoms with van der Waals surface area (Å²) in [5.74, 6) is -1.21. The van der Waals surface area contributed by atoms with Gasteiger partial charge in [0.2, 0.25) is 5.91 Å². The van der Waals surface area contributed by atoms with Crippen LogP contribution in [0.1, 0.15) is 30.6 Å². The Balaban J connectivity index is 1.81. The van der Waals surface area contributed by atoms with Gasteiger partial charge in [-0.1, -0.05) is 6.07 Å². The van der Waals surface area contributed by atoms with Crippen LogP contribution in [0.2, 0.25) is 0 Å². The van der Waals surface area contributed by atoms with E-state index in [0.29, 0.717) is 12.8 Å². The average Bonchev–Trinajstić information content (AvgIpc) is 2.73. The van der Waals surface area contributed by atoms with E-state index in [1.54, 1.807) is 11.3 Å². The number of rotatable bonds is 4. The third-order valence-corrected chi connectivity index (χ3v) is 4.25. The smallest absolute Gasteiger partial charge is 0.306 e. The van der Waals surface area contributed by atoms with Crippen molar-refractivity contribution < 1.29 is 14.7 Å². The lowest BCUT2D eigenvalue weighted by Gasteiger charge is -2.33. The molecule has 0 aromatic carbocycles. The first-order chi connectivity index (χ1) is 8.08. The molecule has 0 bridgehead atoms. The second-order valence-electron chi connectivity index (χ2n) is 4.45. The van der Waals surface area contributed by atoms with E-state index in [4.69, 9.17) is 5.11 Å². The fourth-order valence-corrected chi connectivity index (χ4v) is 2.71. The number of carbonyl (C=O) groups excluding carboxylic acids is 1. The van der Waals surface area contributed by atoms with Crippen LogP contribution < -0.4 is 5.32 Å². The van der Waals surface area contributed by atoms with E-state index in [9.17, 15) is 9.59 Å². The van der Waals surface area contributed by atoms with Gasteiger partial charge in [0.05, 0.1) is 11.8 Å². The molecule has 1 aromatic rings. The molecule has 1 aromatic heterocycles. The van der Waals surface area contributed by atoms with Crippen molar-refractivity contribution in [1.29, 1.82) is 0 Å². The standard InChI is InChI=1S/C12H15NO3S/c1-7(10-3-2-4-17-10)11(14)13-9-5-8(6-9)12(15)16/h2-4,7-9H,5-6H2,1H3,(H,13,14)(H,15,16). The molecule has 1 atom stereocenters. The lowest BCUT2D eigenvalue weighted by atomic mass is 9.80. The number of carboxylic acids is 1. The van der Waals surface area contributed by atoms with Gasteiger partial charge in [-0.3, -0.25) is 9.59 Å². The highest BCUT2D eigenvalue weighted by molar-refractivity contribution is 7.10. The van der Waals surface area contributed by atoms with Crippen molar-refractivity contribution in [2.45, 2.75) is 31.7 Å². The second-order valence-corrected chi connectivity index (χ2v) is 5.43. The number of carboxylic acid groups (broad SMARTS) is 1. The summed E-state index contributed by atoms with van der Waals surface area (Å²) in [7, 11) is 0. The van der Waals surface area contributed by atoms with Gasteiger partial charge < -0.3 is 10.4 Å². The highest BCUT2D eigenvalue weighted by Gasteiger charge is 2.35. The molecule has 0 spiro atoms. The second kappa shape index (κ2) is 4.87. The van der Waals surface area contributed by atoms with Gasteiger partial charge in [0, 0.05) is 10.9 Å². The molecule has 1 unspecified atom stereocenters. The van der Waals surface area contributed by atoms with Crippen molar-refractivity contribution in [3.8, 4) is 0 Å². The molecule has 2 N–H and O–H groups in total. The van der Waals surface area contributed by atoms with Gasteiger partial charge in [-0.15, -0.1) is 11.3 Å². The van der Waals surface area contributed by atoms with Gasteiger partial charge in [0.1, 0.15) is 0 Å². The number of nitrogens with one attached hydrogen (secondary N) is 1. The summed E-state index contributed by atoms with van der Waals surface area (Å²) in [4.78, 5) is 23.5. The van der Waals surface area contributed by atoms with Crippen LogP contribution in [-0.4, -0.2) is 23.0 Å². The average molecular weight is 253 g/mol. The summed E-state index contributed by atoms with van der Waals surface area (Å²) in [6.45, 7) is 1.87. The Bertz CT molecular complexity index is 409. The van der Waals surface area contributed by atoms with Gasteiger partial charge in [-0.25, -0.2) is 0 Å². The lowest BCUT2D eigenvalue weighted by Crippen LogP contribution is -2.47. The van der Waals surface area contributed by atoms with Crippen LogP contribution in [0.15, 0.2) is 17.5 Å². The maximum Gasteiger partial charge on any atom is 0.306 e. The predicted octanol–water partition coefficient (Wildman–Crippen LogP) is 1.83. The fraction of sp³-hybridized carbons (Fsp3) is 0.500. The molecule has 4 nitrogen and oxygen atoms in total. The van der Waals surface area contributed by atoms with E-state index < -0.39 is 5.97 Å². The zero-order valence-corrected chi connectivity index (χ0v) is 10.4. The molecule has 0 aliphatic heterocycles. The minimum atomic E-state index is -0.762. The van der Waals surface area contributed by atoms with E-state index in [1.807, 2.05) is 24.4 Å². The number of hydrogen-bond acceptors (Lipinski definition) is 3. The third kappa shape index (κ3) is 2.66. The number of thiophene rings is 1. The van der Waals surface area contributed by atoms with Gasteiger partial charge in [0.15, 0.2) is 0 Å². The number of hydrogen-bond donors (Lipinski definition) is 2. The van der Waals surface area contributed by atoms with Crippen molar-refractivity contribution in [3.63, 3.8) is 0 Å². The van der Waals surface area contributed by atoms with Crippen molar-refractivity contribution in [2.75, 3.05) is 0 Å². The Labute approximate surface area is 104 Å². The molecular formula is C12H15NO3S. The van der Waals surface area contributed by atoms with Crippen LogP contribution in [-0.2, 0) is 9.59 Å². The first kappa shape index (κ1) is 12.1. The number of aliphatic carboxylic acids is 1. The van der Waals surface area contributed by atoms with Gasteiger partial charge in [0.25, 0.3) is 0 Å². The highest BCUT2D eigenvalue weighted by atomic mass is 32.1. The van der Waals surface area contributed by atoms with Crippen LogP contribution in [0.5, 0.6) is 0 Å². The van der Waals surface area contributed by atoms with Crippen LogP contribution in [0, 0.1) is 5.92 Å². The Morgan fingerprint density at radius 3 is 2.76 bits per heavy atom. The third-order valence-electron chi connectivity index (χ3n) is 3.20. The number of amides is 1. The van der Waals surface area contributed by atoms with E-state index >= 15 is 0 Å². The molecule has 0 radical (unpaired) electrons. The van der Waals surface area contributed by atoms with Gasteiger partial charge in [-0.2, -0.15) is 0 Å². The quantitative estimate of drug-likeness (QED) is 0.860. The van der Waals surface area contributed by atoms with Crippen LogP contribution in [0.4, 0.5) is 0 Å². The largest absolute Gasteiger partial charge is 0.481 e. The van der Waals surface area contributed by atoms with Crippen molar-refractivity contribution in [3.05, 3.63) is 22.4 Å². The molecule has 17 heavy (non-hydrogen) atoms. The van der Waals surface area contributed by atoms with Crippen LogP contribution in [0.25, 0.3) is 0 Å². The molecule has 2 rings (SSSR count). The molecule has 5 heteroatoms. The van der Waals surface area contributed by atoms with Crippen LogP contribution >= 0.6 is 11.3 Å². The molecule has 92 valence electrons. The maximum atomic E-state index is 11.9. The van der Waals surface area contributed by atoms with E-state index in [-0.39, 0.29) is 23.8 Å². The summed E-state index contributed by atoms with van der Waals surface area (Å²) in [5, 5.41) is 13.6. The molecule has 1 aliphatic carbocycles. The van der Waals surface area contributed by atoms with Crippen molar-refractivity contribution >= 4 is 23.2 Å². The Hall–Kier alpha value is -1.36. The summed E-state index contributed by atoms with van der Waals surface area (Å²) < 4.78 is 0.